The molecule has 2 aromatic heterocycles. The minimum atomic E-state index is -3.44. The summed E-state index contributed by atoms with van der Waals surface area (Å²) in [6.45, 7) is 0.402. The van der Waals surface area contributed by atoms with E-state index in [4.69, 9.17) is 12.2 Å². The molecule has 3 rings (SSSR count). The quantitative estimate of drug-likeness (QED) is 0.667. The van der Waals surface area contributed by atoms with Crippen molar-refractivity contribution < 1.29 is 8.42 Å². The minimum Gasteiger partial charge on any atom is -0.382 e. The van der Waals surface area contributed by atoms with E-state index in [0.29, 0.717) is 10.8 Å². The third-order valence-electron chi connectivity index (χ3n) is 5.42. The second-order valence-electron chi connectivity index (χ2n) is 6.85. The van der Waals surface area contributed by atoms with E-state index in [1.165, 1.54) is 11.3 Å². The zero-order valence-corrected chi connectivity index (χ0v) is 17.8. The zero-order chi connectivity index (χ0) is 19.3. The van der Waals surface area contributed by atoms with Crippen LogP contribution in [0.1, 0.15) is 37.7 Å². The largest absolute Gasteiger partial charge is 0.382 e. The molecule has 1 fully saturated rings. The third-order valence-corrected chi connectivity index (χ3v) is 8.85. The monoisotopic (exact) mass is 423 g/mol. The Kier molecular flexibility index (Phi) is 6.62. The number of rotatable bonds is 7. The first kappa shape index (κ1) is 20.4. The molecule has 0 unspecified atom stereocenters. The summed E-state index contributed by atoms with van der Waals surface area (Å²) < 4.78 is 27.9. The van der Waals surface area contributed by atoms with Gasteiger partial charge in [0.15, 0.2) is 0 Å². The first-order valence-electron chi connectivity index (χ1n) is 9.16. The molecule has 2 aromatic rings. The fraction of sp³-hybridized carbons (Fsp3) is 0.474. The highest BCUT2D eigenvalue weighted by atomic mass is 32.2. The summed E-state index contributed by atoms with van der Waals surface area (Å²) in [5.41, 5.74) is 0.834. The second-order valence-corrected chi connectivity index (χ2v) is 10.2. The number of hydrogen-bond donors (Lipinski definition) is 2. The Morgan fingerprint density at radius 3 is 2.89 bits per heavy atom. The van der Waals surface area contributed by atoms with Gasteiger partial charge in [0.05, 0.1) is 4.99 Å². The molecule has 0 saturated heterocycles. The maximum absolute atomic E-state index is 12.4. The van der Waals surface area contributed by atoms with Crippen LogP contribution in [0.25, 0.3) is 0 Å². The first-order chi connectivity index (χ1) is 13.0. The predicted molar refractivity (Wildman–Crippen MR) is 114 cm³/mol. The molecular weight excluding hydrogens is 398 g/mol. The van der Waals surface area contributed by atoms with Crippen molar-refractivity contribution in [1.82, 2.24) is 15.0 Å². The summed E-state index contributed by atoms with van der Waals surface area (Å²) in [5, 5.41) is 4.97. The molecular formula is C19H25N3O2S3. The van der Waals surface area contributed by atoms with E-state index in [-0.39, 0.29) is 11.3 Å². The summed E-state index contributed by atoms with van der Waals surface area (Å²) in [7, 11) is -1.57. The average molecular weight is 424 g/mol. The smallest absolute Gasteiger partial charge is 0.250 e. The fourth-order valence-corrected chi connectivity index (χ4v) is 6.62. The van der Waals surface area contributed by atoms with E-state index >= 15 is 0 Å². The van der Waals surface area contributed by atoms with Gasteiger partial charge in [0, 0.05) is 31.4 Å². The summed E-state index contributed by atoms with van der Waals surface area (Å²) in [4.78, 5) is 5.13. The molecule has 1 aliphatic rings. The first-order valence-corrected chi connectivity index (χ1v) is 11.9. The maximum Gasteiger partial charge on any atom is 0.250 e. The number of nitrogens with zero attached hydrogens (tertiary/aromatic N) is 1. The standard InChI is InChI=1S/C19H25N3O2S3/c1-20-18(25)19(16-7-4-11-21-14-16)10-3-2-6-15(19)9-12-22-27(23,24)17-8-5-13-26-17/h4-5,7-8,11,13-15,22H,2-3,6,9-10,12H2,1H3,(H,20,25)/t15-,19+/m1/s1. The van der Waals surface area contributed by atoms with Crippen LogP contribution in [0.2, 0.25) is 0 Å². The van der Waals surface area contributed by atoms with Crippen molar-refractivity contribution in [2.75, 3.05) is 13.6 Å². The van der Waals surface area contributed by atoms with Gasteiger partial charge in [-0.2, -0.15) is 0 Å². The number of pyridine rings is 1. The fourth-order valence-electron chi connectivity index (χ4n) is 4.15. The van der Waals surface area contributed by atoms with Gasteiger partial charge < -0.3 is 5.32 Å². The van der Waals surface area contributed by atoms with Crippen molar-refractivity contribution in [3.8, 4) is 0 Å². The second kappa shape index (κ2) is 8.77. The molecule has 5 nitrogen and oxygen atoms in total. The van der Waals surface area contributed by atoms with Crippen LogP contribution in [0.15, 0.2) is 46.2 Å². The van der Waals surface area contributed by atoms with Crippen molar-refractivity contribution in [3.63, 3.8) is 0 Å². The summed E-state index contributed by atoms with van der Waals surface area (Å²) in [6.07, 6.45) is 8.63. The Hall–Kier alpha value is -1.35. The predicted octanol–water partition coefficient (Wildman–Crippen LogP) is 3.49. The topological polar surface area (TPSA) is 71.1 Å². The molecule has 0 aliphatic heterocycles. The number of nitrogens with one attached hydrogen (secondary N) is 2. The summed E-state index contributed by atoms with van der Waals surface area (Å²) in [5.74, 6) is 0.265. The Labute approximate surface area is 170 Å². The van der Waals surface area contributed by atoms with E-state index in [1.807, 2.05) is 19.3 Å². The van der Waals surface area contributed by atoms with Crippen LogP contribution in [0, 0.1) is 5.92 Å². The van der Waals surface area contributed by atoms with Crippen molar-refractivity contribution in [2.24, 2.45) is 5.92 Å². The van der Waals surface area contributed by atoms with Gasteiger partial charge in [-0.15, -0.1) is 11.3 Å². The third kappa shape index (κ3) is 4.23. The summed E-state index contributed by atoms with van der Waals surface area (Å²) in [6, 6.07) is 7.41. The molecule has 146 valence electrons. The number of thiocarbonyl (C=S) groups is 1. The highest BCUT2D eigenvalue weighted by Gasteiger charge is 2.45. The molecule has 0 spiro atoms. The molecule has 27 heavy (non-hydrogen) atoms. The van der Waals surface area contributed by atoms with Crippen LogP contribution in [0.3, 0.4) is 0 Å². The number of likely N-dealkylation sites (N-methyl/N-ethyl adjacent to an activating group) is 1. The lowest BCUT2D eigenvalue weighted by atomic mass is 9.61. The van der Waals surface area contributed by atoms with E-state index < -0.39 is 10.0 Å². The highest BCUT2D eigenvalue weighted by Crippen LogP contribution is 2.46. The Morgan fingerprint density at radius 1 is 1.37 bits per heavy atom. The van der Waals surface area contributed by atoms with Gasteiger partial charge in [0.2, 0.25) is 10.0 Å². The van der Waals surface area contributed by atoms with Gasteiger partial charge >= 0.3 is 0 Å². The number of thiophene rings is 1. The highest BCUT2D eigenvalue weighted by molar-refractivity contribution is 7.91. The molecule has 0 aromatic carbocycles. The van der Waals surface area contributed by atoms with Crippen molar-refractivity contribution >= 4 is 38.6 Å². The van der Waals surface area contributed by atoms with Gasteiger partial charge in [-0.05, 0) is 48.3 Å². The SMILES string of the molecule is CNC(=S)[C@@]1(c2cccnc2)CCCC[C@@H]1CCNS(=O)(=O)c1cccs1. The number of aromatic nitrogens is 1. The number of sulfonamides is 1. The molecule has 2 heterocycles. The van der Waals surface area contributed by atoms with E-state index in [2.05, 4.69) is 21.1 Å². The molecule has 0 radical (unpaired) electrons. The molecule has 1 saturated carbocycles. The van der Waals surface area contributed by atoms with Crippen molar-refractivity contribution in [2.45, 2.75) is 41.7 Å². The van der Waals surface area contributed by atoms with Crippen LogP contribution in [0.5, 0.6) is 0 Å². The lowest BCUT2D eigenvalue weighted by molar-refractivity contribution is 0.239. The summed E-state index contributed by atoms with van der Waals surface area (Å²) >= 11 is 6.99. The molecule has 0 amide bonds. The minimum absolute atomic E-state index is 0.265. The van der Waals surface area contributed by atoms with Gasteiger partial charge in [-0.3, -0.25) is 4.98 Å². The zero-order valence-electron chi connectivity index (χ0n) is 15.3. The van der Waals surface area contributed by atoms with Crippen LogP contribution < -0.4 is 10.0 Å². The Morgan fingerprint density at radius 2 is 2.22 bits per heavy atom. The van der Waals surface area contributed by atoms with Crippen molar-refractivity contribution in [3.05, 3.63) is 47.6 Å². The van der Waals surface area contributed by atoms with Crippen molar-refractivity contribution in [1.29, 1.82) is 0 Å². The molecule has 8 heteroatoms. The molecule has 2 N–H and O–H groups in total. The van der Waals surface area contributed by atoms with Crippen LogP contribution >= 0.6 is 23.6 Å². The lowest BCUT2D eigenvalue weighted by Crippen LogP contribution is -2.50. The van der Waals surface area contributed by atoms with Gasteiger partial charge in [-0.25, -0.2) is 13.1 Å². The van der Waals surface area contributed by atoms with E-state index in [1.54, 1.807) is 23.7 Å². The number of hydrogen-bond acceptors (Lipinski definition) is 5. The lowest BCUT2D eigenvalue weighted by Gasteiger charge is -2.45. The van der Waals surface area contributed by atoms with Crippen LogP contribution in [-0.2, 0) is 15.4 Å². The maximum atomic E-state index is 12.4. The average Bonchev–Trinajstić information content (AvgIpc) is 3.24. The molecule has 0 bridgehead atoms. The van der Waals surface area contributed by atoms with E-state index in [9.17, 15) is 8.42 Å². The van der Waals surface area contributed by atoms with Crippen LogP contribution in [-0.4, -0.2) is 32.0 Å². The Bertz CT molecular complexity index is 854. The van der Waals surface area contributed by atoms with Gasteiger partial charge in [-0.1, -0.05) is 37.2 Å². The molecule has 2 atom stereocenters. The van der Waals surface area contributed by atoms with Gasteiger partial charge in [0.25, 0.3) is 0 Å². The normalized spacial score (nSPS) is 23.1. The van der Waals surface area contributed by atoms with Crippen LogP contribution in [0.4, 0.5) is 0 Å². The Balaban J connectivity index is 1.80. The molecule has 1 aliphatic carbocycles. The van der Waals surface area contributed by atoms with E-state index in [0.717, 1.165) is 42.7 Å². The van der Waals surface area contributed by atoms with Gasteiger partial charge in [0.1, 0.15) is 4.21 Å².